The van der Waals surface area contributed by atoms with Gasteiger partial charge in [-0.3, -0.25) is 0 Å². The molecule has 0 amide bonds. The summed E-state index contributed by atoms with van der Waals surface area (Å²) in [6, 6.07) is 16.9. The molecule has 0 saturated carbocycles. The highest BCUT2D eigenvalue weighted by Crippen LogP contribution is 2.15. The van der Waals surface area contributed by atoms with Crippen molar-refractivity contribution in [1.82, 2.24) is 0 Å². The van der Waals surface area contributed by atoms with Crippen molar-refractivity contribution >= 4 is 0 Å². The van der Waals surface area contributed by atoms with Crippen LogP contribution in [0, 0.1) is 0 Å². The predicted molar refractivity (Wildman–Crippen MR) is 117 cm³/mol. The lowest BCUT2D eigenvalue weighted by Gasteiger charge is -2.09. The van der Waals surface area contributed by atoms with Gasteiger partial charge in [-0.25, -0.2) is 0 Å². The van der Waals surface area contributed by atoms with Crippen molar-refractivity contribution < 1.29 is 9.47 Å². The average Bonchev–Trinajstić information content (AvgIpc) is 2.65. The van der Waals surface area contributed by atoms with E-state index in [2.05, 4.69) is 24.3 Å². The quantitative estimate of drug-likeness (QED) is 0.499. The van der Waals surface area contributed by atoms with Crippen molar-refractivity contribution in [3.63, 3.8) is 0 Å². The fourth-order valence-electron chi connectivity index (χ4n) is 3.12. The van der Waals surface area contributed by atoms with E-state index in [9.17, 15) is 0 Å². The van der Waals surface area contributed by atoms with Gasteiger partial charge in [-0.2, -0.15) is 0 Å². The van der Waals surface area contributed by atoms with Crippen molar-refractivity contribution in [1.29, 1.82) is 0 Å². The van der Waals surface area contributed by atoms with Gasteiger partial charge in [0.2, 0.25) is 0 Å². The molecular formula is C24H36N2O2. The van der Waals surface area contributed by atoms with Crippen LogP contribution >= 0.6 is 0 Å². The molecule has 2 aromatic rings. The molecule has 0 heterocycles. The maximum absolute atomic E-state index is 5.82. The highest BCUT2D eigenvalue weighted by Gasteiger charge is 2.01. The summed E-state index contributed by atoms with van der Waals surface area (Å²) < 4.78 is 11.6. The van der Waals surface area contributed by atoms with Gasteiger partial charge < -0.3 is 20.9 Å². The van der Waals surface area contributed by atoms with Crippen molar-refractivity contribution in [3.8, 4) is 11.5 Å². The van der Waals surface area contributed by atoms with Gasteiger partial charge in [-0.05, 0) is 87.8 Å². The van der Waals surface area contributed by atoms with Crippen molar-refractivity contribution in [3.05, 3.63) is 59.7 Å². The van der Waals surface area contributed by atoms with E-state index >= 15 is 0 Å². The molecule has 0 fully saturated rings. The number of ether oxygens (including phenoxy) is 2. The molecule has 4 nitrogen and oxygen atoms in total. The molecule has 4 heteroatoms. The summed E-state index contributed by atoms with van der Waals surface area (Å²) in [5.74, 6) is 1.87. The average molecular weight is 385 g/mol. The Balaban J connectivity index is 1.50. The van der Waals surface area contributed by atoms with Crippen LogP contribution in [0.2, 0.25) is 0 Å². The molecule has 154 valence electrons. The molecule has 0 unspecified atom stereocenters. The van der Waals surface area contributed by atoms with Gasteiger partial charge in [-0.15, -0.1) is 0 Å². The summed E-state index contributed by atoms with van der Waals surface area (Å²) in [5.41, 5.74) is 14.2. The summed E-state index contributed by atoms with van der Waals surface area (Å²) in [7, 11) is 0. The summed E-state index contributed by atoms with van der Waals surface area (Å²) in [5, 5.41) is 0. The van der Waals surface area contributed by atoms with Crippen LogP contribution in [-0.4, -0.2) is 25.3 Å². The lowest BCUT2D eigenvalue weighted by Crippen LogP contribution is -2.17. The van der Waals surface area contributed by atoms with Crippen LogP contribution in [0.1, 0.15) is 50.7 Å². The minimum atomic E-state index is 0.190. The second-order valence-corrected chi connectivity index (χ2v) is 7.76. The van der Waals surface area contributed by atoms with Gasteiger partial charge >= 0.3 is 0 Å². The summed E-state index contributed by atoms with van der Waals surface area (Å²) in [4.78, 5) is 0. The van der Waals surface area contributed by atoms with E-state index in [0.29, 0.717) is 0 Å². The molecule has 2 rings (SSSR count). The Hall–Kier alpha value is -2.04. The van der Waals surface area contributed by atoms with Crippen LogP contribution < -0.4 is 20.9 Å². The Kier molecular flexibility index (Phi) is 9.87. The van der Waals surface area contributed by atoms with Crippen LogP contribution in [0.25, 0.3) is 0 Å². The normalized spacial score (nSPS) is 13.1. The smallest absolute Gasteiger partial charge is 0.119 e. The van der Waals surface area contributed by atoms with Crippen LogP contribution in [-0.2, 0) is 12.8 Å². The van der Waals surface area contributed by atoms with E-state index in [-0.39, 0.29) is 12.1 Å². The van der Waals surface area contributed by atoms with Gasteiger partial charge in [-0.1, -0.05) is 24.3 Å². The Labute approximate surface area is 170 Å². The molecule has 0 bridgehead atoms. The van der Waals surface area contributed by atoms with E-state index in [1.807, 2.05) is 38.1 Å². The fourth-order valence-corrected chi connectivity index (χ4v) is 3.12. The molecule has 0 aliphatic carbocycles. The van der Waals surface area contributed by atoms with Crippen LogP contribution in [0.5, 0.6) is 11.5 Å². The van der Waals surface area contributed by atoms with E-state index in [1.54, 1.807) is 0 Å². The lowest BCUT2D eigenvalue weighted by molar-refractivity contribution is 0.287. The fraction of sp³-hybridized carbons (Fsp3) is 0.500. The third-order valence-corrected chi connectivity index (χ3v) is 4.54. The molecular weight excluding hydrogens is 348 g/mol. The maximum atomic E-state index is 5.82. The van der Waals surface area contributed by atoms with Crippen LogP contribution in [0.4, 0.5) is 0 Å². The SMILES string of the molecule is C[C@@H](N)Cc1ccc(OCCCCCCOc2ccc(C[C@@H](C)N)cc2)cc1. The number of unbranched alkanes of at least 4 members (excludes halogenated alkanes) is 3. The molecule has 0 aromatic heterocycles. The van der Waals surface area contributed by atoms with Gasteiger partial charge in [0, 0.05) is 12.1 Å². The Morgan fingerprint density at radius 1 is 0.607 bits per heavy atom. The Morgan fingerprint density at radius 2 is 0.964 bits per heavy atom. The number of hydrogen-bond donors (Lipinski definition) is 2. The number of nitrogens with two attached hydrogens (primary N) is 2. The molecule has 4 N–H and O–H groups in total. The lowest BCUT2D eigenvalue weighted by atomic mass is 10.1. The predicted octanol–water partition coefficient (Wildman–Crippen LogP) is 4.48. The standard InChI is InChI=1S/C24H36N2O2/c1-19(25)17-21-7-11-23(12-8-21)27-15-5-3-4-6-16-28-24-13-9-22(10-14-24)18-20(2)26/h7-14,19-20H,3-6,15-18,25-26H2,1-2H3/t19-,20-/m1/s1. The maximum Gasteiger partial charge on any atom is 0.119 e. The third kappa shape index (κ3) is 9.25. The monoisotopic (exact) mass is 384 g/mol. The highest BCUT2D eigenvalue weighted by atomic mass is 16.5. The van der Waals surface area contributed by atoms with Gasteiger partial charge in [0.05, 0.1) is 13.2 Å². The van der Waals surface area contributed by atoms with Gasteiger partial charge in [0.1, 0.15) is 11.5 Å². The zero-order chi connectivity index (χ0) is 20.2. The molecule has 2 aromatic carbocycles. The van der Waals surface area contributed by atoms with Crippen LogP contribution in [0.15, 0.2) is 48.5 Å². The zero-order valence-electron chi connectivity index (χ0n) is 17.4. The van der Waals surface area contributed by atoms with Gasteiger partial charge in [0.15, 0.2) is 0 Å². The molecule has 0 spiro atoms. The minimum Gasteiger partial charge on any atom is -0.494 e. The summed E-state index contributed by atoms with van der Waals surface area (Å²) >= 11 is 0. The second-order valence-electron chi connectivity index (χ2n) is 7.76. The molecule has 0 radical (unpaired) electrons. The first-order chi connectivity index (χ1) is 13.5. The minimum absolute atomic E-state index is 0.190. The van der Waals surface area contributed by atoms with E-state index in [1.165, 1.54) is 11.1 Å². The van der Waals surface area contributed by atoms with E-state index < -0.39 is 0 Å². The Bertz CT molecular complexity index is 592. The van der Waals surface area contributed by atoms with Crippen molar-refractivity contribution in [2.45, 2.75) is 64.5 Å². The first-order valence-electron chi connectivity index (χ1n) is 10.5. The van der Waals surface area contributed by atoms with Crippen molar-refractivity contribution in [2.75, 3.05) is 13.2 Å². The number of hydrogen-bond acceptors (Lipinski definition) is 4. The molecule has 0 aliphatic rings. The van der Waals surface area contributed by atoms with Crippen LogP contribution in [0.3, 0.4) is 0 Å². The molecule has 0 saturated heterocycles. The summed E-state index contributed by atoms with van der Waals surface area (Å²) in [6.45, 7) is 5.56. The Morgan fingerprint density at radius 3 is 1.29 bits per heavy atom. The van der Waals surface area contributed by atoms with Crippen molar-refractivity contribution in [2.24, 2.45) is 11.5 Å². The largest absolute Gasteiger partial charge is 0.494 e. The zero-order valence-corrected chi connectivity index (χ0v) is 17.4. The second kappa shape index (κ2) is 12.4. The third-order valence-electron chi connectivity index (χ3n) is 4.54. The first-order valence-corrected chi connectivity index (χ1v) is 10.5. The number of benzene rings is 2. The highest BCUT2D eigenvalue weighted by molar-refractivity contribution is 5.28. The summed E-state index contributed by atoms with van der Waals surface area (Å²) in [6.07, 6.45) is 6.23. The number of rotatable bonds is 13. The molecule has 28 heavy (non-hydrogen) atoms. The molecule has 0 aliphatic heterocycles. The first kappa shape index (κ1) is 22.3. The van der Waals surface area contributed by atoms with Gasteiger partial charge in [0.25, 0.3) is 0 Å². The van der Waals surface area contributed by atoms with E-state index in [4.69, 9.17) is 20.9 Å². The topological polar surface area (TPSA) is 70.5 Å². The molecule has 2 atom stereocenters. The van der Waals surface area contributed by atoms with E-state index in [0.717, 1.165) is 63.2 Å².